The molecule has 144 valence electrons. The van der Waals surface area contributed by atoms with Gasteiger partial charge >= 0.3 is 0 Å². The third kappa shape index (κ3) is 3.55. The fraction of sp³-hybridized carbons (Fsp3) is 0.316. The number of halogens is 1. The predicted octanol–water partition coefficient (Wildman–Crippen LogP) is 2.30. The van der Waals surface area contributed by atoms with Crippen LogP contribution in [0.1, 0.15) is 30.1 Å². The molecule has 1 saturated heterocycles. The number of amides is 1. The van der Waals surface area contributed by atoms with E-state index in [0.717, 1.165) is 25.2 Å². The van der Waals surface area contributed by atoms with Crippen molar-refractivity contribution in [1.82, 2.24) is 29.9 Å². The molecule has 0 radical (unpaired) electrons. The van der Waals surface area contributed by atoms with Gasteiger partial charge in [0.25, 0.3) is 5.91 Å². The molecule has 0 aliphatic carbocycles. The number of hydrogen-bond donors (Lipinski definition) is 1. The first kappa shape index (κ1) is 18.0. The van der Waals surface area contributed by atoms with Crippen LogP contribution < -0.4 is 5.32 Å². The molecule has 28 heavy (non-hydrogen) atoms. The van der Waals surface area contributed by atoms with Gasteiger partial charge in [-0.2, -0.15) is 15.0 Å². The largest absolute Gasteiger partial charge is 0.349 e. The van der Waals surface area contributed by atoms with Crippen molar-refractivity contribution >= 4 is 11.9 Å². The molecule has 1 N–H and O–H groups in total. The fourth-order valence-electron chi connectivity index (χ4n) is 3.50. The SMILES string of the molecule is C[C@H]1C(Nc2ncc(F)cn2)CCCN1C(=O)c1ccccc1-n1nccn1. The summed E-state index contributed by atoms with van der Waals surface area (Å²) in [4.78, 5) is 24.5. The van der Waals surface area contributed by atoms with Crippen LogP contribution in [0, 0.1) is 5.82 Å². The lowest BCUT2D eigenvalue weighted by molar-refractivity contribution is 0.0616. The van der Waals surface area contributed by atoms with Crippen LogP contribution in [0.25, 0.3) is 5.69 Å². The molecule has 1 fully saturated rings. The highest BCUT2D eigenvalue weighted by Crippen LogP contribution is 2.24. The molecule has 0 spiro atoms. The van der Waals surface area contributed by atoms with Gasteiger partial charge in [0.15, 0.2) is 5.82 Å². The van der Waals surface area contributed by atoms with Crippen LogP contribution in [0.5, 0.6) is 0 Å². The summed E-state index contributed by atoms with van der Waals surface area (Å²) in [5.74, 6) is -0.205. The van der Waals surface area contributed by atoms with Gasteiger partial charge in [0.05, 0.1) is 36.0 Å². The Kier molecular flexibility index (Phi) is 4.96. The van der Waals surface area contributed by atoms with E-state index in [-0.39, 0.29) is 18.0 Å². The maximum Gasteiger partial charge on any atom is 0.256 e. The minimum atomic E-state index is -0.483. The van der Waals surface area contributed by atoms with E-state index >= 15 is 0 Å². The number of para-hydroxylation sites is 1. The number of piperidine rings is 1. The van der Waals surface area contributed by atoms with Gasteiger partial charge in [0, 0.05) is 18.6 Å². The number of carbonyl (C=O) groups is 1. The summed E-state index contributed by atoms with van der Waals surface area (Å²) in [6.07, 6.45) is 7.12. The fourth-order valence-corrected chi connectivity index (χ4v) is 3.50. The quantitative estimate of drug-likeness (QED) is 0.746. The van der Waals surface area contributed by atoms with Gasteiger partial charge in [-0.25, -0.2) is 14.4 Å². The maximum absolute atomic E-state index is 13.3. The summed E-state index contributed by atoms with van der Waals surface area (Å²) < 4.78 is 13.0. The highest BCUT2D eigenvalue weighted by molar-refractivity contribution is 5.98. The Balaban J connectivity index is 1.56. The average Bonchev–Trinajstić information content (AvgIpc) is 3.25. The topological polar surface area (TPSA) is 88.8 Å². The number of rotatable bonds is 4. The predicted molar refractivity (Wildman–Crippen MR) is 100 cm³/mol. The van der Waals surface area contributed by atoms with Crippen molar-refractivity contribution in [3.63, 3.8) is 0 Å². The van der Waals surface area contributed by atoms with Crippen LogP contribution >= 0.6 is 0 Å². The van der Waals surface area contributed by atoms with E-state index in [4.69, 9.17) is 0 Å². The van der Waals surface area contributed by atoms with Gasteiger partial charge in [-0.1, -0.05) is 12.1 Å². The Labute approximate surface area is 161 Å². The Morgan fingerprint density at radius 1 is 1.18 bits per heavy atom. The highest BCUT2D eigenvalue weighted by Gasteiger charge is 2.33. The van der Waals surface area contributed by atoms with Crippen LogP contribution in [-0.4, -0.2) is 54.4 Å². The second-order valence-corrected chi connectivity index (χ2v) is 6.69. The number of nitrogens with one attached hydrogen (secondary N) is 1. The lowest BCUT2D eigenvalue weighted by atomic mass is 9.96. The highest BCUT2D eigenvalue weighted by atomic mass is 19.1. The molecule has 3 aromatic rings. The van der Waals surface area contributed by atoms with Gasteiger partial charge in [-0.15, -0.1) is 0 Å². The van der Waals surface area contributed by atoms with Crippen LogP contribution in [-0.2, 0) is 0 Å². The van der Waals surface area contributed by atoms with Crippen LogP contribution in [0.2, 0.25) is 0 Å². The summed E-state index contributed by atoms with van der Waals surface area (Å²) in [6, 6.07) is 7.17. The molecule has 3 heterocycles. The third-order valence-corrected chi connectivity index (χ3v) is 4.95. The van der Waals surface area contributed by atoms with Gasteiger partial charge in [0.2, 0.25) is 5.95 Å². The minimum absolute atomic E-state index is 0.0295. The number of benzene rings is 1. The zero-order valence-corrected chi connectivity index (χ0v) is 15.4. The van der Waals surface area contributed by atoms with E-state index in [1.165, 1.54) is 4.80 Å². The summed E-state index contributed by atoms with van der Waals surface area (Å²) in [6.45, 7) is 2.65. The van der Waals surface area contributed by atoms with Crippen LogP contribution in [0.4, 0.5) is 10.3 Å². The Hall–Kier alpha value is -3.36. The first-order valence-corrected chi connectivity index (χ1v) is 9.14. The number of anilines is 1. The van der Waals surface area contributed by atoms with Gasteiger partial charge in [0.1, 0.15) is 0 Å². The molecule has 0 saturated carbocycles. The van der Waals surface area contributed by atoms with Crippen molar-refractivity contribution in [2.24, 2.45) is 0 Å². The molecule has 1 aliphatic rings. The van der Waals surface area contributed by atoms with Gasteiger partial charge in [-0.05, 0) is 31.9 Å². The molecule has 1 amide bonds. The summed E-state index contributed by atoms with van der Waals surface area (Å²) >= 11 is 0. The maximum atomic E-state index is 13.3. The van der Waals surface area contributed by atoms with Crippen molar-refractivity contribution in [1.29, 1.82) is 0 Å². The third-order valence-electron chi connectivity index (χ3n) is 4.95. The lowest BCUT2D eigenvalue weighted by Gasteiger charge is -2.40. The number of nitrogens with zero attached hydrogens (tertiary/aromatic N) is 6. The van der Waals surface area contributed by atoms with E-state index in [2.05, 4.69) is 25.5 Å². The zero-order valence-electron chi connectivity index (χ0n) is 15.4. The molecular weight excluding hydrogens is 361 g/mol. The molecule has 2 aromatic heterocycles. The molecule has 4 rings (SSSR count). The molecule has 0 bridgehead atoms. The number of hydrogen-bond acceptors (Lipinski definition) is 6. The number of aromatic nitrogens is 5. The van der Waals surface area contributed by atoms with Crippen molar-refractivity contribution in [3.05, 3.63) is 60.4 Å². The normalized spacial score (nSPS) is 19.4. The van der Waals surface area contributed by atoms with E-state index in [1.54, 1.807) is 18.5 Å². The monoisotopic (exact) mass is 381 g/mol. The van der Waals surface area contributed by atoms with Crippen LogP contribution in [0.15, 0.2) is 49.1 Å². The average molecular weight is 381 g/mol. The number of carbonyl (C=O) groups excluding carboxylic acids is 1. The molecule has 2 atom stereocenters. The van der Waals surface area contributed by atoms with Crippen molar-refractivity contribution < 1.29 is 9.18 Å². The molecular formula is C19H20FN7O. The summed E-state index contributed by atoms with van der Waals surface area (Å²) in [5.41, 5.74) is 1.19. The minimum Gasteiger partial charge on any atom is -0.349 e. The zero-order chi connectivity index (χ0) is 19.5. The lowest BCUT2D eigenvalue weighted by Crippen LogP contribution is -2.52. The second-order valence-electron chi connectivity index (χ2n) is 6.69. The smallest absolute Gasteiger partial charge is 0.256 e. The van der Waals surface area contributed by atoms with E-state index in [0.29, 0.717) is 23.7 Å². The first-order valence-electron chi connectivity index (χ1n) is 9.14. The standard InChI is InChI=1S/C19H20FN7O/c1-13-16(25-19-21-11-14(20)12-22-19)6-4-10-26(13)18(28)15-5-2-3-7-17(15)27-23-8-9-24-27/h2-3,5,7-9,11-13,16H,4,6,10H2,1H3,(H,21,22,25)/t13-,16?/m0/s1. The molecule has 9 heteroatoms. The Bertz CT molecular complexity index is 945. The van der Waals surface area contributed by atoms with E-state index < -0.39 is 5.82 Å². The molecule has 8 nitrogen and oxygen atoms in total. The first-order chi connectivity index (χ1) is 13.6. The Morgan fingerprint density at radius 2 is 1.89 bits per heavy atom. The van der Waals surface area contributed by atoms with E-state index in [9.17, 15) is 9.18 Å². The van der Waals surface area contributed by atoms with E-state index in [1.807, 2.05) is 30.0 Å². The number of likely N-dealkylation sites (tertiary alicyclic amines) is 1. The Morgan fingerprint density at radius 3 is 2.64 bits per heavy atom. The summed E-state index contributed by atoms with van der Waals surface area (Å²) in [7, 11) is 0. The van der Waals surface area contributed by atoms with Gasteiger partial charge in [-0.3, -0.25) is 4.79 Å². The van der Waals surface area contributed by atoms with Crippen LogP contribution in [0.3, 0.4) is 0 Å². The van der Waals surface area contributed by atoms with Crippen molar-refractivity contribution in [2.75, 3.05) is 11.9 Å². The van der Waals surface area contributed by atoms with Gasteiger partial charge < -0.3 is 10.2 Å². The van der Waals surface area contributed by atoms with Crippen molar-refractivity contribution in [2.45, 2.75) is 31.8 Å². The molecule has 1 aliphatic heterocycles. The van der Waals surface area contributed by atoms with Crippen molar-refractivity contribution in [3.8, 4) is 5.69 Å². The second kappa shape index (κ2) is 7.71. The molecule has 1 unspecified atom stereocenters. The summed E-state index contributed by atoms with van der Waals surface area (Å²) in [5, 5.41) is 11.5. The molecule has 1 aromatic carbocycles.